The third-order valence-corrected chi connectivity index (χ3v) is 4.14. The number of amides is 1. The number of thiazole rings is 1. The molecule has 0 unspecified atom stereocenters. The standard InChI is InChI=1S/C17H16N2O3S/c1-11-18-13-8-7-12(9-16(13)23-11)19-17(20)10-22-15-6-4-3-5-14(15)21-2/h3-9H,10H2,1-2H3,(H,19,20). The minimum absolute atomic E-state index is 0.0832. The second-order valence-electron chi connectivity index (χ2n) is 4.90. The maximum absolute atomic E-state index is 12.0. The Hall–Kier alpha value is -2.60. The number of nitrogens with one attached hydrogen (secondary N) is 1. The molecule has 1 aromatic heterocycles. The predicted molar refractivity (Wildman–Crippen MR) is 91.5 cm³/mol. The van der Waals surface area contributed by atoms with E-state index in [0.29, 0.717) is 11.5 Å². The number of carbonyl (C=O) groups is 1. The Morgan fingerprint density at radius 2 is 2.00 bits per heavy atom. The number of benzene rings is 2. The van der Waals surface area contributed by atoms with Gasteiger partial charge in [-0.25, -0.2) is 4.98 Å². The molecular formula is C17H16N2O3S. The highest BCUT2D eigenvalue weighted by Gasteiger charge is 2.08. The summed E-state index contributed by atoms with van der Waals surface area (Å²) in [6, 6.07) is 12.9. The summed E-state index contributed by atoms with van der Waals surface area (Å²) in [6.07, 6.45) is 0. The van der Waals surface area contributed by atoms with Crippen LogP contribution in [-0.4, -0.2) is 24.6 Å². The largest absolute Gasteiger partial charge is 0.493 e. The molecule has 23 heavy (non-hydrogen) atoms. The van der Waals surface area contributed by atoms with Gasteiger partial charge in [0, 0.05) is 5.69 Å². The SMILES string of the molecule is COc1ccccc1OCC(=O)Nc1ccc2nc(C)sc2c1. The summed E-state index contributed by atoms with van der Waals surface area (Å²) >= 11 is 1.60. The van der Waals surface area contributed by atoms with E-state index >= 15 is 0 Å². The number of nitrogens with zero attached hydrogens (tertiary/aromatic N) is 1. The van der Waals surface area contributed by atoms with Crippen LogP contribution in [0.4, 0.5) is 5.69 Å². The molecule has 0 aliphatic carbocycles. The quantitative estimate of drug-likeness (QED) is 0.777. The van der Waals surface area contributed by atoms with Crippen LogP contribution in [0.15, 0.2) is 42.5 Å². The number of hydrogen-bond acceptors (Lipinski definition) is 5. The van der Waals surface area contributed by atoms with E-state index in [1.165, 1.54) is 0 Å². The van der Waals surface area contributed by atoms with Gasteiger partial charge < -0.3 is 14.8 Å². The molecule has 3 aromatic rings. The summed E-state index contributed by atoms with van der Waals surface area (Å²) in [4.78, 5) is 16.4. The van der Waals surface area contributed by atoms with Crippen molar-refractivity contribution in [2.75, 3.05) is 19.0 Å². The van der Waals surface area contributed by atoms with Crippen molar-refractivity contribution in [2.24, 2.45) is 0 Å². The molecule has 0 saturated carbocycles. The van der Waals surface area contributed by atoms with Gasteiger partial charge in [0.25, 0.3) is 5.91 Å². The molecule has 0 aliphatic heterocycles. The molecule has 6 heteroatoms. The molecule has 1 heterocycles. The van der Waals surface area contributed by atoms with Crippen molar-refractivity contribution in [3.8, 4) is 11.5 Å². The summed E-state index contributed by atoms with van der Waals surface area (Å²) in [5.74, 6) is 0.914. The number of para-hydroxylation sites is 2. The van der Waals surface area contributed by atoms with Crippen molar-refractivity contribution in [3.05, 3.63) is 47.5 Å². The molecule has 5 nitrogen and oxygen atoms in total. The molecule has 0 atom stereocenters. The van der Waals surface area contributed by atoms with Gasteiger partial charge in [-0.3, -0.25) is 4.79 Å². The lowest BCUT2D eigenvalue weighted by atomic mass is 10.3. The van der Waals surface area contributed by atoms with Crippen molar-refractivity contribution in [2.45, 2.75) is 6.92 Å². The van der Waals surface area contributed by atoms with Gasteiger partial charge >= 0.3 is 0 Å². The number of hydrogen-bond donors (Lipinski definition) is 1. The number of aromatic nitrogens is 1. The first-order valence-electron chi connectivity index (χ1n) is 7.08. The van der Waals surface area contributed by atoms with Crippen molar-refractivity contribution >= 4 is 33.1 Å². The zero-order valence-corrected chi connectivity index (χ0v) is 13.6. The molecule has 0 spiro atoms. The first kappa shape index (κ1) is 15.3. The van der Waals surface area contributed by atoms with Gasteiger partial charge in [-0.1, -0.05) is 12.1 Å². The van der Waals surface area contributed by atoms with Crippen LogP contribution in [0.25, 0.3) is 10.2 Å². The zero-order valence-electron chi connectivity index (χ0n) is 12.8. The van der Waals surface area contributed by atoms with Crippen molar-refractivity contribution in [3.63, 3.8) is 0 Å². The van der Waals surface area contributed by atoms with E-state index in [4.69, 9.17) is 9.47 Å². The fourth-order valence-corrected chi connectivity index (χ4v) is 3.06. The third-order valence-electron chi connectivity index (χ3n) is 3.21. The molecule has 1 N–H and O–H groups in total. The van der Waals surface area contributed by atoms with Crippen LogP contribution in [-0.2, 0) is 4.79 Å². The van der Waals surface area contributed by atoms with Gasteiger partial charge in [0.05, 0.1) is 22.3 Å². The number of anilines is 1. The van der Waals surface area contributed by atoms with Crippen molar-refractivity contribution in [1.29, 1.82) is 0 Å². The van der Waals surface area contributed by atoms with E-state index in [1.807, 2.05) is 37.3 Å². The number of carbonyl (C=O) groups excluding carboxylic acids is 1. The Balaban J connectivity index is 1.64. The highest BCUT2D eigenvalue weighted by molar-refractivity contribution is 7.18. The second-order valence-corrected chi connectivity index (χ2v) is 6.14. The summed E-state index contributed by atoms with van der Waals surface area (Å²) in [7, 11) is 1.56. The third kappa shape index (κ3) is 3.60. The first-order valence-corrected chi connectivity index (χ1v) is 7.90. The van der Waals surface area contributed by atoms with E-state index in [1.54, 1.807) is 30.6 Å². The summed E-state index contributed by atoms with van der Waals surface area (Å²) in [5.41, 5.74) is 1.67. The molecular weight excluding hydrogens is 312 g/mol. The van der Waals surface area contributed by atoms with Crippen LogP contribution >= 0.6 is 11.3 Å². The lowest BCUT2D eigenvalue weighted by molar-refractivity contribution is -0.118. The number of methoxy groups -OCH3 is 1. The molecule has 0 aliphatic rings. The number of rotatable bonds is 5. The molecule has 118 valence electrons. The van der Waals surface area contributed by atoms with E-state index in [0.717, 1.165) is 20.9 Å². The van der Waals surface area contributed by atoms with Gasteiger partial charge in [0.1, 0.15) is 0 Å². The van der Waals surface area contributed by atoms with E-state index in [9.17, 15) is 4.79 Å². The van der Waals surface area contributed by atoms with Crippen molar-refractivity contribution < 1.29 is 14.3 Å². The fourth-order valence-electron chi connectivity index (χ4n) is 2.20. The molecule has 3 rings (SSSR count). The van der Waals surface area contributed by atoms with Gasteiger partial charge in [-0.15, -0.1) is 11.3 Å². The zero-order chi connectivity index (χ0) is 16.2. The average molecular weight is 328 g/mol. The van der Waals surface area contributed by atoms with Crippen LogP contribution in [0.3, 0.4) is 0 Å². The smallest absolute Gasteiger partial charge is 0.262 e. The normalized spacial score (nSPS) is 10.5. The van der Waals surface area contributed by atoms with Crippen LogP contribution in [0.2, 0.25) is 0 Å². The lowest BCUT2D eigenvalue weighted by Gasteiger charge is -2.10. The highest BCUT2D eigenvalue weighted by Crippen LogP contribution is 2.26. The average Bonchev–Trinajstić information content (AvgIpc) is 2.92. The van der Waals surface area contributed by atoms with Gasteiger partial charge in [-0.05, 0) is 37.3 Å². The predicted octanol–water partition coefficient (Wildman–Crippen LogP) is 3.63. The van der Waals surface area contributed by atoms with Crippen molar-refractivity contribution in [1.82, 2.24) is 4.98 Å². The fraction of sp³-hybridized carbons (Fsp3) is 0.176. The second kappa shape index (κ2) is 6.66. The monoisotopic (exact) mass is 328 g/mol. The molecule has 2 aromatic carbocycles. The first-order chi connectivity index (χ1) is 11.2. The van der Waals surface area contributed by atoms with Gasteiger partial charge in [-0.2, -0.15) is 0 Å². The van der Waals surface area contributed by atoms with Gasteiger partial charge in [0.15, 0.2) is 18.1 Å². The maximum atomic E-state index is 12.0. The highest BCUT2D eigenvalue weighted by atomic mass is 32.1. The minimum atomic E-state index is -0.225. The number of ether oxygens (including phenoxy) is 2. The molecule has 1 amide bonds. The van der Waals surface area contributed by atoms with Crippen LogP contribution < -0.4 is 14.8 Å². The Labute approximate surface area is 137 Å². The minimum Gasteiger partial charge on any atom is -0.493 e. The molecule has 0 bridgehead atoms. The van der Waals surface area contributed by atoms with E-state index in [-0.39, 0.29) is 12.5 Å². The van der Waals surface area contributed by atoms with Gasteiger partial charge in [0.2, 0.25) is 0 Å². The van der Waals surface area contributed by atoms with Crippen LogP contribution in [0, 0.1) is 6.92 Å². The Morgan fingerprint density at radius 3 is 2.78 bits per heavy atom. The van der Waals surface area contributed by atoms with E-state index < -0.39 is 0 Å². The summed E-state index contributed by atoms with van der Waals surface area (Å²) < 4.78 is 11.7. The Bertz CT molecular complexity index is 845. The number of aryl methyl sites for hydroxylation is 1. The molecule has 0 fully saturated rings. The Morgan fingerprint density at radius 1 is 1.22 bits per heavy atom. The Kier molecular flexibility index (Phi) is 4.43. The summed E-state index contributed by atoms with van der Waals surface area (Å²) in [6.45, 7) is 1.88. The molecule has 0 saturated heterocycles. The van der Waals surface area contributed by atoms with Crippen LogP contribution in [0.5, 0.6) is 11.5 Å². The molecule has 0 radical (unpaired) electrons. The van der Waals surface area contributed by atoms with E-state index in [2.05, 4.69) is 10.3 Å². The topological polar surface area (TPSA) is 60.5 Å². The maximum Gasteiger partial charge on any atom is 0.262 e. The van der Waals surface area contributed by atoms with Crippen LogP contribution in [0.1, 0.15) is 5.01 Å². The summed E-state index contributed by atoms with van der Waals surface area (Å²) in [5, 5.41) is 3.83. The number of fused-ring (bicyclic) bond motifs is 1. The lowest BCUT2D eigenvalue weighted by Crippen LogP contribution is -2.20.